The van der Waals surface area contributed by atoms with Crippen LogP contribution in [0.4, 0.5) is 0 Å². The van der Waals surface area contributed by atoms with Crippen LogP contribution in [-0.4, -0.2) is 44.4 Å². The van der Waals surface area contributed by atoms with E-state index < -0.39 is 7.12 Å². The third-order valence-corrected chi connectivity index (χ3v) is 4.30. The number of methoxy groups -OCH3 is 1. The van der Waals surface area contributed by atoms with Crippen LogP contribution in [-0.2, 0) is 15.9 Å². The number of rotatable bonds is 4. The second-order valence-corrected chi connectivity index (χ2v) is 6.90. The van der Waals surface area contributed by atoms with E-state index in [2.05, 4.69) is 58.8 Å². The number of ether oxygens (including phenoxy) is 1. The number of hydrogen-bond acceptors (Lipinski definition) is 4. The fraction of sp³-hybridized carbons (Fsp3) is 0.625. The number of benzene rings is 1. The van der Waals surface area contributed by atoms with Gasteiger partial charge in [0.2, 0.25) is 0 Å². The minimum Gasteiger partial charge on any atom is -0.497 e. The van der Waals surface area contributed by atoms with Gasteiger partial charge in [-0.2, -0.15) is 0 Å². The molecular weight excluding hydrogens is 265 g/mol. The van der Waals surface area contributed by atoms with Gasteiger partial charge in [0.15, 0.2) is 0 Å². The summed E-state index contributed by atoms with van der Waals surface area (Å²) in [6.45, 7) is 9.11. The molecule has 1 aliphatic heterocycles. The molecule has 1 aromatic carbocycles. The Morgan fingerprint density at radius 1 is 1.10 bits per heavy atom. The summed E-state index contributed by atoms with van der Waals surface area (Å²) in [5, 5.41) is 0. The molecule has 0 unspecified atom stereocenters. The maximum absolute atomic E-state index is 6.14. The lowest BCUT2D eigenvalue weighted by Gasteiger charge is -2.32. The number of nitrogens with zero attached hydrogens (tertiary/aromatic N) is 1. The topological polar surface area (TPSA) is 30.9 Å². The van der Waals surface area contributed by atoms with Crippen molar-refractivity contribution in [2.45, 2.75) is 45.4 Å². The summed E-state index contributed by atoms with van der Waals surface area (Å²) in [5.41, 5.74) is 1.47. The number of hydrogen-bond donors (Lipinski definition) is 0. The van der Waals surface area contributed by atoms with E-state index in [0.717, 1.165) is 17.8 Å². The average molecular weight is 291 g/mol. The Balaban J connectivity index is 2.34. The first kappa shape index (κ1) is 16.3. The highest BCUT2D eigenvalue weighted by molar-refractivity contribution is 6.63. The molecule has 1 saturated heterocycles. The average Bonchev–Trinajstić information content (AvgIpc) is 2.57. The summed E-state index contributed by atoms with van der Waals surface area (Å²) in [6.07, 6.45) is 0. The van der Waals surface area contributed by atoms with Gasteiger partial charge in [-0.3, -0.25) is 0 Å². The lowest BCUT2D eigenvalue weighted by Crippen LogP contribution is -2.41. The molecule has 0 aliphatic carbocycles. The molecule has 0 spiro atoms. The van der Waals surface area contributed by atoms with Crippen LogP contribution >= 0.6 is 0 Å². The molecule has 1 aromatic rings. The van der Waals surface area contributed by atoms with Crippen molar-refractivity contribution in [2.75, 3.05) is 21.2 Å². The van der Waals surface area contributed by atoms with E-state index in [1.165, 1.54) is 5.56 Å². The van der Waals surface area contributed by atoms with Crippen molar-refractivity contribution in [2.24, 2.45) is 0 Å². The smallest absolute Gasteiger partial charge is 0.497 e. The van der Waals surface area contributed by atoms with Crippen LogP contribution < -0.4 is 10.2 Å². The molecule has 1 fully saturated rings. The minimum atomic E-state index is -0.396. The van der Waals surface area contributed by atoms with Gasteiger partial charge in [-0.25, -0.2) is 0 Å². The lowest BCUT2D eigenvalue weighted by atomic mass is 9.77. The van der Waals surface area contributed by atoms with Crippen molar-refractivity contribution < 1.29 is 14.0 Å². The summed E-state index contributed by atoms with van der Waals surface area (Å²) in [5.74, 6) is 0.802. The Kier molecular flexibility index (Phi) is 4.38. The third-order valence-electron chi connectivity index (χ3n) is 4.30. The van der Waals surface area contributed by atoms with Crippen molar-refractivity contribution in [3.63, 3.8) is 0 Å². The predicted octanol–water partition coefficient (Wildman–Crippen LogP) is 2.06. The summed E-state index contributed by atoms with van der Waals surface area (Å²) >= 11 is 0. The van der Waals surface area contributed by atoms with E-state index in [1.54, 1.807) is 7.11 Å². The normalized spacial score (nSPS) is 20.1. The fourth-order valence-electron chi connectivity index (χ4n) is 2.40. The molecule has 116 valence electrons. The molecule has 0 atom stereocenters. The minimum absolute atomic E-state index is 0.347. The van der Waals surface area contributed by atoms with Crippen LogP contribution in [0, 0.1) is 0 Å². The monoisotopic (exact) mass is 291 g/mol. The Hall–Kier alpha value is -1.04. The summed E-state index contributed by atoms with van der Waals surface area (Å²) < 4.78 is 17.8. The Labute approximate surface area is 128 Å². The first-order chi connectivity index (χ1) is 9.66. The molecule has 0 aromatic heterocycles. The highest BCUT2D eigenvalue weighted by Gasteiger charge is 2.52. The summed E-state index contributed by atoms with van der Waals surface area (Å²) in [7, 11) is 5.39. The van der Waals surface area contributed by atoms with Gasteiger partial charge >= 0.3 is 7.12 Å². The van der Waals surface area contributed by atoms with Gasteiger partial charge < -0.3 is 18.9 Å². The zero-order chi connectivity index (χ0) is 15.8. The van der Waals surface area contributed by atoms with Crippen LogP contribution in [0.5, 0.6) is 5.75 Å². The molecule has 4 nitrogen and oxygen atoms in total. The van der Waals surface area contributed by atoms with Gasteiger partial charge in [0.05, 0.1) is 18.3 Å². The molecule has 2 rings (SSSR count). The zero-order valence-corrected chi connectivity index (χ0v) is 14.2. The standard InChI is InChI=1S/C16H26BNO3/c1-15(2)16(3,4)21-17(20-15)13-10-12(11-18(5)6)8-9-14(13)19-7/h8-10H,11H2,1-7H3. The molecule has 1 heterocycles. The quantitative estimate of drug-likeness (QED) is 0.795. The van der Waals surface area contributed by atoms with Crippen LogP contribution in [0.25, 0.3) is 0 Å². The molecule has 0 amide bonds. The van der Waals surface area contributed by atoms with Gasteiger partial charge in [-0.05, 0) is 53.4 Å². The van der Waals surface area contributed by atoms with Gasteiger partial charge in [-0.1, -0.05) is 12.1 Å². The van der Waals surface area contributed by atoms with Gasteiger partial charge in [-0.15, -0.1) is 0 Å². The molecule has 0 N–H and O–H groups in total. The van der Waals surface area contributed by atoms with Crippen molar-refractivity contribution >= 4 is 12.6 Å². The van der Waals surface area contributed by atoms with Crippen LogP contribution in [0.2, 0.25) is 0 Å². The van der Waals surface area contributed by atoms with E-state index >= 15 is 0 Å². The highest BCUT2D eigenvalue weighted by atomic mass is 16.7. The maximum Gasteiger partial charge on any atom is 0.498 e. The van der Waals surface area contributed by atoms with Gasteiger partial charge in [0, 0.05) is 12.0 Å². The molecule has 0 bridgehead atoms. The van der Waals surface area contributed by atoms with Crippen molar-refractivity contribution in [1.82, 2.24) is 4.90 Å². The maximum atomic E-state index is 6.14. The van der Waals surface area contributed by atoms with E-state index in [0.29, 0.717) is 0 Å². The first-order valence-corrected chi connectivity index (χ1v) is 7.33. The Morgan fingerprint density at radius 3 is 2.14 bits per heavy atom. The van der Waals surface area contributed by atoms with Crippen molar-refractivity contribution in [3.05, 3.63) is 23.8 Å². The van der Waals surface area contributed by atoms with E-state index in [4.69, 9.17) is 14.0 Å². The van der Waals surface area contributed by atoms with E-state index in [9.17, 15) is 0 Å². The van der Waals surface area contributed by atoms with Crippen molar-refractivity contribution in [1.29, 1.82) is 0 Å². The third kappa shape index (κ3) is 3.25. The molecule has 0 saturated carbocycles. The van der Waals surface area contributed by atoms with Crippen LogP contribution in [0.3, 0.4) is 0 Å². The van der Waals surface area contributed by atoms with E-state index in [-0.39, 0.29) is 11.2 Å². The zero-order valence-electron chi connectivity index (χ0n) is 14.2. The van der Waals surface area contributed by atoms with Crippen LogP contribution in [0.1, 0.15) is 33.3 Å². The SMILES string of the molecule is COc1ccc(CN(C)C)cc1B1OC(C)(C)C(C)(C)O1. The largest absolute Gasteiger partial charge is 0.498 e. The molecule has 21 heavy (non-hydrogen) atoms. The molecule has 5 heteroatoms. The Bertz CT molecular complexity index is 498. The second kappa shape index (κ2) is 5.63. The van der Waals surface area contributed by atoms with Gasteiger partial charge in [0.25, 0.3) is 0 Å². The van der Waals surface area contributed by atoms with Crippen molar-refractivity contribution in [3.8, 4) is 5.75 Å². The predicted molar refractivity (Wildman–Crippen MR) is 86.1 cm³/mol. The second-order valence-electron chi connectivity index (χ2n) is 6.90. The van der Waals surface area contributed by atoms with Gasteiger partial charge in [0.1, 0.15) is 5.75 Å². The van der Waals surface area contributed by atoms with E-state index in [1.807, 2.05) is 6.07 Å². The summed E-state index contributed by atoms with van der Waals surface area (Å²) in [6, 6.07) is 6.17. The summed E-state index contributed by atoms with van der Waals surface area (Å²) in [4.78, 5) is 2.13. The lowest BCUT2D eigenvalue weighted by molar-refractivity contribution is 0.00578. The fourth-order valence-corrected chi connectivity index (χ4v) is 2.40. The van der Waals surface area contributed by atoms with Crippen LogP contribution in [0.15, 0.2) is 18.2 Å². The Morgan fingerprint density at radius 2 is 1.67 bits per heavy atom. The highest BCUT2D eigenvalue weighted by Crippen LogP contribution is 2.37. The first-order valence-electron chi connectivity index (χ1n) is 7.33. The molecule has 0 radical (unpaired) electrons. The molecule has 1 aliphatic rings. The molecular formula is C16H26BNO3.